The van der Waals surface area contributed by atoms with Crippen molar-refractivity contribution in [2.75, 3.05) is 26.4 Å². The molecule has 0 saturated heterocycles. The van der Waals surface area contributed by atoms with Crippen LogP contribution in [0.4, 0.5) is 0 Å². The Balaban J connectivity index is 0.000000488. The molecule has 0 bridgehead atoms. The van der Waals surface area contributed by atoms with Gasteiger partial charge in [0.05, 0.1) is 31.5 Å². The second-order valence-corrected chi connectivity index (χ2v) is 7.33. The van der Waals surface area contributed by atoms with Gasteiger partial charge in [0.25, 0.3) is 0 Å². The van der Waals surface area contributed by atoms with E-state index in [1.54, 1.807) is 24.3 Å². The van der Waals surface area contributed by atoms with Gasteiger partial charge >= 0.3 is 5.97 Å². The molecule has 2 N–H and O–H groups in total. The number of cyclic esters (lactones) is 1. The maximum absolute atomic E-state index is 10.4. The number of aliphatic hydroxyl groups is 2. The van der Waals surface area contributed by atoms with Gasteiger partial charge in [-0.25, -0.2) is 0 Å². The maximum atomic E-state index is 10.4. The molecule has 172 valence electrons. The van der Waals surface area contributed by atoms with Gasteiger partial charge in [0.1, 0.15) is 18.1 Å². The van der Waals surface area contributed by atoms with E-state index < -0.39 is 0 Å². The predicted molar refractivity (Wildman–Crippen MR) is 118 cm³/mol. The zero-order chi connectivity index (χ0) is 22.3. The Kier molecular flexibility index (Phi) is 11.4. The van der Waals surface area contributed by atoms with E-state index in [9.17, 15) is 9.90 Å². The lowest BCUT2D eigenvalue weighted by Gasteiger charge is -2.21. The first kappa shape index (κ1) is 24.6. The standard InChI is InChI=1S/C20H30O5.C4H4O2/c1-2-3-4-5-6-7-12-24-19-15-25-18-14-16(23-13-8-11-21)9-10-17(18)20(19)22;5-4-2-1-3-6-4/h9-10,14,21-22H,2-8,11-13,15H2,1H3;1,3H,2H2. The van der Waals surface area contributed by atoms with E-state index in [0.717, 1.165) is 12.8 Å². The summed E-state index contributed by atoms with van der Waals surface area (Å²) in [5, 5.41) is 19.2. The van der Waals surface area contributed by atoms with Crippen molar-refractivity contribution < 1.29 is 34.0 Å². The van der Waals surface area contributed by atoms with E-state index in [4.69, 9.17) is 19.3 Å². The summed E-state index contributed by atoms with van der Waals surface area (Å²) < 4.78 is 21.3. The molecule has 0 unspecified atom stereocenters. The van der Waals surface area contributed by atoms with Crippen molar-refractivity contribution >= 4 is 11.7 Å². The molecule has 0 radical (unpaired) electrons. The third kappa shape index (κ3) is 8.92. The molecule has 0 aliphatic carbocycles. The molecular formula is C24H34O7. The molecule has 2 aliphatic rings. The van der Waals surface area contributed by atoms with Crippen molar-refractivity contribution in [1.29, 1.82) is 0 Å². The summed E-state index contributed by atoms with van der Waals surface area (Å²) in [4.78, 5) is 9.96. The van der Waals surface area contributed by atoms with Crippen molar-refractivity contribution in [3.8, 4) is 11.5 Å². The number of carbonyl (C=O) groups excluding carboxylic acids is 1. The first-order valence-corrected chi connectivity index (χ1v) is 11.1. The highest BCUT2D eigenvalue weighted by Gasteiger charge is 2.21. The molecule has 0 saturated carbocycles. The third-order valence-electron chi connectivity index (χ3n) is 4.76. The smallest absolute Gasteiger partial charge is 0.314 e. The average molecular weight is 435 g/mol. The van der Waals surface area contributed by atoms with Crippen LogP contribution in [0.3, 0.4) is 0 Å². The van der Waals surface area contributed by atoms with E-state index in [1.807, 2.05) is 0 Å². The van der Waals surface area contributed by atoms with E-state index >= 15 is 0 Å². The topological polar surface area (TPSA) is 94.5 Å². The third-order valence-corrected chi connectivity index (χ3v) is 4.76. The number of carbonyl (C=O) groups is 1. The van der Waals surface area contributed by atoms with E-state index in [1.165, 1.54) is 31.9 Å². The number of benzene rings is 1. The minimum atomic E-state index is -0.157. The summed E-state index contributed by atoms with van der Waals surface area (Å²) in [6, 6.07) is 5.31. The Bertz CT molecular complexity index is 729. The fourth-order valence-electron chi connectivity index (χ4n) is 3.03. The molecule has 1 aromatic rings. The Morgan fingerprint density at radius 3 is 2.48 bits per heavy atom. The van der Waals surface area contributed by atoms with Crippen LogP contribution >= 0.6 is 0 Å². The molecule has 7 heteroatoms. The molecule has 2 heterocycles. The highest BCUT2D eigenvalue weighted by atomic mass is 16.5. The lowest BCUT2D eigenvalue weighted by molar-refractivity contribution is -0.135. The van der Waals surface area contributed by atoms with Crippen molar-refractivity contribution in [2.24, 2.45) is 0 Å². The molecule has 2 aliphatic heterocycles. The number of rotatable bonds is 12. The molecule has 0 aromatic heterocycles. The molecule has 0 fully saturated rings. The van der Waals surface area contributed by atoms with Crippen LogP contribution < -0.4 is 9.47 Å². The first-order valence-electron chi connectivity index (χ1n) is 11.1. The molecule has 0 amide bonds. The number of hydrogen-bond donors (Lipinski definition) is 2. The van der Waals surface area contributed by atoms with Crippen LogP contribution in [0.2, 0.25) is 0 Å². The van der Waals surface area contributed by atoms with Crippen LogP contribution in [0.5, 0.6) is 11.5 Å². The van der Waals surface area contributed by atoms with Crippen LogP contribution in [-0.4, -0.2) is 42.6 Å². The summed E-state index contributed by atoms with van der Waals surface area (Å²) in [6.07, 6.45) is 11.3. The highest BCUT2D eigenvalue weighted by molar-refractivity contribution is 5.73. The number of esters is 1. The fraction of sp³-hybridized carbons (Fsp3) is 0.542. The lowest BCUT2D eigenvalue weighted by atomic mass is 10.1. The summed E-state index contributed by atoms with van der Waals surface area (Å²) >= 11 is 0. The SMILES string of the molecule is CCCCCCCCOC1=C(O)c2ccc(OCCCO)cc2OC1.O=C1CC=CO1. The largest absolute Gasteiger partial charge is 0.504 e. The Hall–Kier alpha value is -2.67. The zero-order valence-corrected chi connectivity index (χ0v) is 18.3. The second-order valence-electron chi connectivity index (χ2n) is 7.33. The minimum Gasteiger partial charge on any atom is -0.504 e. The van der Waals surface area contributed by atoms with Crippen molar-refractivity contribution in [3.63, 3.8) is 0 Å². The van der Waals surface area contributed by atoms with Gasteiger partial charge in [-0.05, 0) is 24.6 Å². The van der Waals surface area contributed by atoms with Gasteiger partial charge in [0.15, 0.2) is 11.5 Å². The summed E-state index contributed by atoms with van der Waals surface area (Å²) in [6.45, 7) is 3.60. The fourth-order valence-corrected chi connectivity index (χ4v) is 3.03. The molecule has 7 nitrogen and oxygen atoms in total. The normalized spacial score (nSPS) is 14.3. The van der Waals surface area contributed by atoms with E-state index in [-0.39, 0.29) is 24.9 Å². The van der Waals surface area contributed by atoms with Gasteiger partial charge in [0, 0.05) is 19.1 Å². The Morgan fingerprint density at radius 2 is 1.81 bits per heavy atom. The highest BCUT2D eigenvalue weighted by Crippen LogP contribution is 2.34. The van der Waals surface area contributed by atoms with E-state index in [0.29, 0.717) is 48.9 Å². The van der Waals surface area contributed by atoms with Gasteiger partial charge in [-0.15, -0.1) is 0 Å². The monoisotopic (exact) mass is 434 g/mol. The molecular weight excluding hydrogens is 400 g/mol. The quantitative estimate of drug-likeness (QED) is 0.357. The molecule has 3 rings (SSSR count). The number of hydrogen-bond acceptors (Lipinski definition) is 7. The van der Waals surface area contributed by atoms with Gasteiger partial charge in [-0.3, -0.25) is 4.79 Å². The first-order chi connectivity index (χ1) is 15.2. The van der Waals surface area contributed by atoms with Crippen LogP contribution in [-0.2, 0) is 14.3 Å². The van der Waals surface area contributed by atoms with Crippen molar-refractivity contribution in [2.45, 2.75) is 58.3 Å². The van der Waals surface area contributed by atoms with Crippen LogP contribution in [0.15, 0.2) is 36.3 Å². The molecule has 1 aromatic carbocycles. The predicted octanol–water partition coefficient (Wildman–Crippen LogP) is 4.89. The minimum absolute atomic E-state index is 0.101. The van der Waals surface area contributed by atoms with Gasteiger partial charge in [-0.1, -0.05) is 39.0 Å². The molecule has 0 atom stereocenters. The van der Waals surface area contributed by atoms with Crippen LogP contribution in [0.1, 0.15) is 63.9 Å². The maximum Gasteiger partial charge on any atom is 0.314 e. The summed E-state index contributed by atoms with van der Waals surface area (Å²) in [5.41, 5.74) is 0.624. The lowest BCUT2D eigenvalue weighted by Crippen LogP contribution is -2.14. The van der Waals surface area contributed by atoms with Crippen molar-refractivity contribution in [1.82, 2.24) is 0 Å². The second kappa shape index (κ2) is 14.4. The summed E-state index contributed by atoms with van der Waals surface area (Å²) in [5.74, 6) is 1.74. The molecule has 31 heavy (non-hydrogen) atoms. The zero-order valence-electron chi connectivity index (χ0n) is 18.3. The van der Waals surface area contributed by atoms with Crippen molar-refractivity contribution in [3.05, 3.63) is 41.9 Å². The van der Waals surface area contributed by atoms with Crippen LogP contribution in [0, 0.1) is 0 Å². The number of fused-ring (bicyclic) bond motifs is 1. The van der Waals surface area contributed by atoms with Crippen LogP contribution in [0.25, 0.3) is 5.76 Å². The molecule has 0 spiro atoms. The number of ether oxygens (including phenoxy) is 4. The van der Waals surface area contributed by atoms with E-state index in [2.05, 4.69) is 11.7 Å². The summed E-state index contributed by atoms with van der Waals surface area (Å²) in [7, 11) is 0. The van der Waals surface area contributed by atoms with Gasteiger partial charge in [0.2, 0.25) is 0 Å². The van der Waals surface area contributed by atoms with Gasteiger partial charge in [-0.2, -0.15) is 0 Å². The van der Waals surface area contributed by atoms with Gasteiger partial charge < -0.3 is 29.2 Å². The Labute approximate surface area is 184 Å². The number of aliphatic hydroxyl groups excluding tert-OH is 2. The Morgan fingerprint density at radius 1 is 1.03 bits per heavy atom. The number of unbranched alkanes of at least 4 members (excludes halogenated alkanes) is 5. The average Bonchev–Trinajstić information content (AvgIpc) is 3.26.